The maximum atomic E-state index is 13.2. The van der Waals surface area contributed by atoms with Crippen LogP contribution in [0.4, 0.5) is 11.4 Å². The van der Waals surface area contributed by atoms with Crippen LogP contribution < -0.4 is 10.5 Å². The topological polar surface area (TPSA) is 81.5 Å². The Balaban J connectivity index is 1.35. The fourth-order valence-corrected chi connectivity index (χ4v) is 4.16. The molecule has 1 amide bonds. The number of rotatable bonds is 4. The van der Waals surface area contributed by atoms with Crippen LogP contribution in [-0.4, -0.2) is 28.0 Å². The Hall–Kier alpha value is -4.26. The molecule has 164 valence electrons. The third-order valence-electron chi connectivity index (χ3n) is 5.77. The van der Waals surface area contributed by atoms with E-state index in [1.165, 1.54) is 10.9 Å². The first-order chi connectivity index (χ1) is 16.1. The van der Waals surface area contributed by atoms with Gasteiger partial charge in [0.2, 0.25) is 0 Å². The van der Waals surface area contributed by atoms with E-state index in [1.807, 2.05) is 48.5 Å². The zero-order chi connectivity index (χ0) is 22.8. The van der Waals surface area contributed by atoms with Gasteiger partial charge in [0.05, 0.1) is 28.6 Å². The van der Waals surface area contributed by atoms with Gasteiger partial charge in [-0.2, -0.15) is 0 Å². The lowest BCUT2D eigenvalue weighted by atomic mass is 10.0. The van der Waals surface area contributed by atoms with E-state index in [0.29, 0.717) is 10.9 Å². The third kappa shape index (κ3) is 4.01. The minimum Gasteiger partial charge on any atom is -0.454 e. The van der Waals surface area contributed by atoms with E-state index in [1.54, 1.807) is 29.2 Å². The summed E-state index contributed by atoms with van der Waals surface area (Å²) in [5.41, 5.74) is 3.92. The number of benzene rings is 3. The van der Waals surface area contributed by atoms with Gasteiger partial charge in [-0.3, -0.25) is 23.9 Å². The number of hydrogen-bond donors (Lipinski definition) is 0. The molecule has 2 heterocycles. The van der Waals surface area contributed by atoms with Gasteiger partial charge in [-0.05, 0) is 48.2 Å². The summed E-state index contributed by atoms with van der Waals surface area (Å²) in [5.74, 6) is -1.03. The number of anilines is 2. The molecule has 3 aromatic carbocycles. The summed E-state index contributed by atoms with van der Waals surface area (Å²) in [6.07, 6.45) is 2.94. The highest BCUT2D eigenvalue weighted by molar-refractivity contribution is 6.03. The first-order valence-corrected chi connectivity index (χ1v) is 10.7. The number of amides is 1. The summed E-state index contributed by atoms with van der Waals surface area (Å²) >= 11 is 0. The monoisotopic (exact) mass is 439 g/mol. The molecule has 0 N–H and O–H groups in total. The highest BCUT2D eigenvalue weighted by Gasteiger charge is 2.26. The molecule has 0 aliphatic carbocycles. The predicted molar refractivity (Wildman–Crippen MR) is 124 cm³/mol. The molecule has 0 fully saturated rings. The summed E-state index contributed by atoms with van der Waals surface area (Å²) in [6.45, 7) is -0.756. The number of fused-ring (bicyclic) bond motifs is 3. The van der Waals surface area contributed by atoms with Crippen molar-refractivity contribution in [3.63, 3.8) is 0 Å². The first-order valence-electron chi connectivity index (χ1n) is 10.7. The molecule has 7 nitrogen and oxygen atoms in total. The molecule has 7 heteroatoms. The zero-order valence-corrected chi connectivity index (χ0v) is 17.8. The number of carbonyl (C=O) groups is 2. The highest BCUT2D eigenvalue weighted by Crippen LogP contribution is 2.35. The minimum atomic E-state index is -0.682. The normalized spacial score (nSPS) is 12.5. The van der Waals surface area contributed by atoms with Crippen LogP contribution in [-0.2, 0) is 33.7 Å². The number of ether oxygens (including phenoxy) is 1. The maximum Gasteiger partial charge on any atom is 0.326 e. The standard InChI is InChI=1S/C26H21N3O4/c30-24(16-33-25(31)15-28-17-27-21-10-4-3-9-20(21)26(28)32)29-22-11-5-1-7-18(22)13-14-19-8-2-6-12-23(19)29/h1-12,17H,13-16H2. The number of para-hydroxylation sites is 3. The van der Waals surface area contributed by atoms with E-state index in [0.717, 1.165) is 35.3 Å². The fraction of sp³-hybridized carbons (Fsp3) is 0.154. The molecule has 0 saturated carbocycles. The van der Waals surface area contributed by atoms with Crippen LogP contribution in [0, 0.1) is 0 Å². The van der Waals surface area contributed by atoms with Crippen LogP contribution in [0.3, 0.4) is 0 Å². The Morgan fingerprint density at radius 2 is 1.45 bits per heavy atom. The number of aromatic nitrogens is 2. The number of hydrogen-bond acceptors (Lipinski definition) is 5. The van der Waals surface area contributed by atoms with Gasteiger partial charge in [0.1, 0.15) is 6.54 Å². The number of esters is 1. The molecule has 33 heavy (non-hydrogen) atoms. The summed E-state index contributed by atoms with van der Waals surface area (Å²) in [4.78, 5) is 44.1. The molecule has 0 bridgehead atoms. The molecule has 1 aliphatic rings. The van der Waals surface area contributed by atoms with Crippen molar-refractivity contribution in [2.24, 2.45) is 0 Å². The second kappa shape index (κ2) is 8.70. The molecule has 0 radical (unpaired) electrons. The quantitative estimate of drug-likeness (QED) is 0.455. The molecule has 0 saturated heterocycles. The third-order valence-corrected chi connectivity index (χ3v) is 5.77. The van der Waals surface area contributed by atoms with Crippen molar-refractivity contribution in [3.05, 3.63) is 101 Å². The molecule has 0 unspecified atom stereocenters. The van der Waals surface area contributed by atoms with E-state index < -0.39 is 12.6 Å². The van der Waals surface area contributed by atoms with Gasteiger partial charge in [0.25, 0.3) is 11.5 Å². The summed E-state index contributed by atoms with van der Waals surface area (Å²) < 4.78 is 6.47. The van der Waals surface area contributed by atoms with Crippen LogP contribution in [0.5, 0.6) is 0 Å². The minimum absolute atomic E-state index is 0.322. The summed E-state index contributed by atoms with van der Waals surface area (Å²) in [6, 6.07) is 22.4. The lowest BCUT2D eigenvalue weighted by molar-refractivity contribution is -0.148. The summed E-state index contributed by atoms with van der Waals surface area (Å²) in [7, 11) is 0. The average Bonchev–Trinajstić information content (AvgIpc) is 3.01. The van der Waals surface area contributed by atoms with Crippen LogP contribution in [0.2, 0.25) is 0 Å². The Morgan fingerprint density at radius 1 is 0.848 bits per heavy atom. The smallest absolute Gasteiger partial charge is 0.326 e. The van der Waals surface area contributed by atoms with Gasteiger partial charge >= 0.3 is 5.97 Å². The molecular formula is C26H21N3O4. The second-order valence-electron chi connectivity index (χ2n) is 7.84. The lowest BCUT2D eigenvalue weighted by Crippen LogP contribution is -2.33. The summed E-state index contributed by atoms with van der Waals surface area (Å²) in [5, 5.41) is 0.418. The number of carbonyl (C=O) groups excluding carboxylic acids is 2. The van der Waals surface area contributed by atoms with Gasteiger partial charge in [0, 0.05) is 0 Å². The van der Waals surface area contributed by atoms with Crippen LogP contribution in [0.1, 0.15) is 11.1 Å². The number of nitrogens with zero attached hydrogens (tertiary/aromatic N) is 3. The average molecular weight is 439 g/mol. The molecule has 4 aromatic rings. The largest absolute Gasteiger partial charge is 0.454 e. The van der Waals surface area contributed by atoms with Crippen molar-refractivity contribution in [3.8, 4) is 0 Å². The van der Waals surface area contributed by atoms with Crippen LogP contribution in [0.15, 0.2) is 83.9 Å². The molecule has 0 spiro atoms. The van der Waals surface area contributed by atoms with Crippen LogP contribution in [0.25, 0.3) is 10.9 Å². The van der Waals surface area contributed by atoms with Gasteiger partial charge in [-0.25, -0.2) is 4.98 Å². The van der Waals surface area contributed by atoms with E-state index in [2.05, 4.69) is 4.98 Å². The predicted octanol–water partition coefficient (Wildman–Crippen LogP) is 3.40. The maximum absolute atomic E-state index is 13.2. The van der Waals surface area contributed by atoms with Crippen molar-refractivity contribution >= 4 is 34.2 Å². The van der Waals surface area contributed by atoms with Gasteiger partial charge < -0.3 is 4.74 Å². The zero-order valence-electron chi connectivity index (χ0n) is 17.8. The van der Waals surface area contributed by atoms with Crippen molar-refractivity contribution in [1.82, 2.24) is 9.55 Å². The van der Waals surface area contributed by atoms with Gasteiger partial charge in [-0.15, -0.1) is 0 Å². The Morgan fingerprint density at radius 3 is 2.15 bits per heavy atom. The Labute approximate surface area is 189 Å². The fourth-order valence-electron chi connectivity index (χ4n) is 4.16. The van der Waals surface area contributed by atoms with Crippen molar-refractivity contribution in [2.75, 3.05) is 11.5 Å². The Bertz CT molecular complexity index is 1380. The molecule has 5 rings (SSSR count). The lowest BCUT2D eigenvalue weighted by Gasteiger charge is -2.24. The molecule has 1 aliphatic heterocycles. The van der Waals surface area contributed by atoms with Gasteiger partial charge in [-0.1, -0.05) is 48.5 Å². The van der Waals surface area contributed by atoms with Crippen LogP contribution >= 0.6 is 0 Å². The van der Waals surface area contributed by atoms with E-state index in [4.69, 9.17) is 4.74 Å². The molecule has 0 atom stereocenters. The van der Waals surface area contributed by atoms with Crippen molar-refractivity contribution in [1.29, 1.82) is 0 Å². The van der Waals surface area contributed by atoms with Crippen molar-refractivity contribution < 1.29 is 14.3 Å². The van der Waals surface area contributed by atoms with Crippen molar-refractivity contribution in [2.45, 2.75) is 19.4 Å². The second-order valence-corrected chi connectivity index (χ2v) is 7.84. The van der Waals surface area contributed by atoms with E-state index >= 15 is 0 Å². The van der Waals surface area contributed by atoms with Gasteiger partial charge in [0.15, 0.2) is 6.61 Å². The van der Waals surface area contributed by atoms with E-state index in [9.17, 15) is 14.4 Å². The Kier molecular flexibility index (Phi) is 5.44. The van der Waals surface area contributed by atoms with E-state index in [-0.39, 0.29) is 18.0 Å². The molecule has 1 aromatic heterocycles. The SMILES string of the molecule is O=C(Cn1cnc2ccccc2c1=O)OCC(=O)N1c2ccccc2CCc2ccccc21. The first kappa shape index (κ1) is 20.6. The number of aryl methyl sites for hydroxylation is 2. The molecular weight excluding hydrogens is 418 g/mol. The highest BCUT2D eigenvalue weighted by atomic mass is 16.5.